The third kappa shape index (κ3) is 3.30. The lowest BCUT2D eigenvalue weighted by molar-refractivity contribution is 0.000176. The first kappa shape index (κ1) is 15.8. The van der Waals surface area contributed by atoms with E-state index in [0.717, 1.165) is 19.3 Å². The maximum atomic E-state index is 12.4. The second-order valence-corrected chi connectivity index (χ2v) is 6.24. The zero-order valence-corrected chi connectivity index (χ0v) is 13.8. The van der Waals surface area contributed by atoms with Crippen LogP contribution in [0.3, 0.4) is 0 Å². The summed E-state index contributed by atoms with van der Waals surface area (Å²) in [6.45, 7) is 2.63. The topological polar surface area (TPSA) is 38.3 Å². The van der Waals surface area contributed by atoms with Gasteiger partial charge in [-0.25, -0.2) is 0 Å². The Bertz CT molecular complexity index is 666. The second-order valence-electron chi connectivity index (χ2n) is 6.24. The number of hydrogen-bond donors (Lipinski definition) is 1. The molecular formula is C20H23NO2. The van der Waals surface area contributed by atoms with Gasteiger partial charge in [-0.05, 0) is 35.2 Å². The summed E-state index contributed by atoms with van der Waals surface area (Å²) in [5.41, 5.74) is 4.24. The molecule has 120 valence electrons. The molecule has 0 fully saturated rings. The third-order valence-electron chi connectivity index (χ3n) is 4.77. The number of carbonyl (C=O) groups is 1. The molecule has 2 aromatic carbocycles. The van der Waals surface area contributed by atoms with Crippen LogP contribution in [-0.4, -0.2) is 25.2 Å². The molecule has 1 amide bonds. The van der Waals surface area contributed by atoms with Crippen molar-refractivity contribution in [1.29, 1.82) is 0 Å². The van der Waals surface area contributed by atoms with Gasteiger partial charge in [0.05, 0.1) is 5.60 Å². The Morgan fingerprint density at radius 2 is 1.70 bits per heavy atom. The molecule has 0 heterocycles. The van der Waals surface area contributed by atoms with Crippen LogP contribution in [0.5, 0.6) is 0 Å². The van der Waals surface area contributed by atoms with E-state index in [4.69, 9.17) is 4.74 Å². The van der Waals surface area contributed by atoms with Gasteiger partial charge in [-0.15, -0.1) is 0 Å². The molecule has 3 heteroatoms. The van der Waals surface area contributed by atoms with Crippen LogP contribution < -0.4 is 5.32 Å². The molecule has 1 aliphatic rings. The highest BCUT2D eigenvalue weighted by Crippen LogP contribution is 2.32. The van der Waals surface area contributed by atoms with Crippen LogP contribution in [-0.2, 0) is 24.0 Å². The quantitative estimate of drug-likeness (QED) is 0.921. The van der Waals surface area contributed by atoms with Crippen LogP contribution >= 0.6 is 0 Å². The first-order valence-corrected chi connectivity index (χ1v) is 8.15. The smallest absolute Gasteiger partial charge is 0.251 e. The average molecular weight is 309 g/mol. The summed E-state index contributed by atoms with van der Waals surface area (Å²) in [7, 11) is 1.73. The number of fused-ring (bicyclic) bond motifs is 1. The molecule has 0 unspecified atom stereocenters. The van der Waals surface area contributed by atoms with E-state index in [2.05, 4.69) is 36.5 Å². The molecule has 0 bridgehead atoms. The number of carbonyl (C=O) groups excluding carboxylic acids is 1. The number of nitrogens with one attached hydrogen (secondary N) is 1. The highest BCUT2D eigenvalue weighted by atomic mass is 16.5. The number of benzene rings is 2. The van der Waals surface area contributed by atoms with Crippen molar-refractivity contribution in [3.63, 3.8) is 0 Å². The van der Waals surface area contributed by atoms with Gasteiger partial charge in [0.25, 0.3) is 5.91 Å². The van der Waals surface area contributed by atoms with Crippen molar-refractivity contribution < 1.29 is 9.53 Å². The molecule has 0 aromatic heterocycles. The number of hydrogen-bond acceptors (Lipinski definition) is 2. The normalized spacial score (nSPS) is 15.2. The van der Waals surface area contributed by atoms with E-state index in [9.17, 15) is 4.79 Å². The Morgan fingerprint density at radius 1 is 1.09 bits per heavy atom. The van der Waals surface area contributed by atoms with E-state index in [1.165, 1.54) is 16.7 Å². The number of methoxy groups -OCH3 is 1. The monoisotopic (exact) mass is 309 g/mol. The molecule has 3 nitrogen and oxygen atoms in total. The Kier molecular flexibility index (Phi) is 4.49. The van der Waals surface area contributed by atoms with Crippen molar-refractivity contribution in [2.45, 2.75) is 31.8 Å². The van der Waals surface area contributed by atoms with E-state index in [1.807, 2.05) is 24.3 Å². The van der Waals surface area contributed by atoms with Gasteiger partial charge in [-0.1, -0.05) is 43.3 Å². The molecule has 0 radical (unpaired) electrons. The lowest BCUT2D eigenvalue weighted by Crippen LogP contribution is -2.45. The SMILES string of the molecule is CCc1ccc(C(=O)NCC2(OC)Cc3ccccc3C2)cc1. The maximum absolute atomic E-state index is 12.4. The largest absolute Gasteiger partial charge is 0.376 e. The van der Waals surface area contributed by atoms with Crippen molar-refractivity contribution in [2.24, 2.45) is 0 Å². The summed E-state index contributed by atoms with van der Waals surface area (Å²) < 4.78 is 5.79. The lowest BCUT2D eigenvalue weighted by Gasteiger charge is -2.27. The summed E-state index contributed by atoms with van der Waals surface area (Å²) >= 11 is 0. The maximum Gasteiger partial charge on any atom is 0.251 e. The summed E-state index contributed by atoms with van der Waals surface area (Å²) in [6, 6.07) is 16.2. The van der Waals surface area contributed by atoms with Crippen LogP contribution in [0.25, 0.3) is 0 Å². The van der Waals surface area contributed by atoms with Crippen molar-refractivity contribution in [3.8, 4) is 0 Å². The molecule has 0 saturated carbocycles. The Balaban J connectivity index is 1.65. The van der Waals surface area contributed by atoms with E-state index in [-0.39, 0.29) is 11.5 Å². The Hall–Kier alpha value is -2.13. The second kappa shape index (κ2) is 6.55. The highest BCUT2D eigenvalue weighted by molar-refractivity contribution is 5.94. The summed E-state index contributed by atoms with van der Waals surface area (Å²) in [4.78, 5) is 12.4. The van der Waals surface area contributed by atoms with E-state index >= 15 is 0 Å². The molecule has 23 heavy (non-hydrogen) atoms. The number of aryl methyl sites for hydroxylation is 1. The van der Waals surface area contributed by atoms with Gasteiger partial charge in [0, 0.05) is 32.1 Å². The fourth-order valence-corrected chi connectivity index (χ4v) is 3.24. The van der Waals surface area contributed by atoms with Crippen LogP contribution in [0, 0.1) is 0 Å². The molecule has 0 saturated heterocycles. The third-order valence-corrected chi connectivity index (χ3v) is 4.77. The Labute approximate surface area is 137 Å². The van der Waals surface area contributed by atoms with Gasteiger partial charge in [-0.2, -0.15) is 0 Å². The molecule has 1 N–H and O–H groups in total. The first-order valence-electron chi connectivity index (χ1n) is 8.15. The number of ether oxygens (including phenoxy) is 1. The number of rotatable bonds is 5. The van der Waals surface area contributed by atoms with Crippen LogP contribution in [0.15, 0.2) is 48.5 Å². The zero-order chi connectivity index (χ0) is 16.3. The highest BCUT2D eigenvalue weighted by Gasteiger charge is 2.37. The van der Waals surface area contributed by atoms with E-state index < -0.39 is 0 Å². The molecule has 1 aliphatic carbocycles. The summed E-state index contributed by atoms with van der Waals surface area (Å²) in [5, 5.41) is 3.04. The van der Waals surface area contributed by atoms with Crippen molar-refractivity contribution >= 4 is 5.91 Å². The molecule has 0 spiro atoms. The summed E-state index contributed by atoms with van der Waals surface area (Å²) in [5.74, 6) is -0.0416. The standard InChI is InChI=1S/C20H23NO2/c1-3-15-8-10-16(11-9-15)19(22)21-14-20(23-2)12-17-6-4-5-7-18(17)13-20/h4-11H,3,12-14H2,1-2H3,(H,21,22). The van der Waals surface area contributed by atoms with Crippen LogP contribution in [0.4, 0.5) is 0 Å². The van der Waals surface area contributed by atoms with Crippen molar-refractivity contribution in [1.82, 2.24) is 5.32 Å². The van der Waals surface area contributed by atoms with Gasteiger partial charge < -0.3 is 10.1 Å². The van der Waals surface area contributed by atoms with E-state index in [1.54, 1.807) is 7.11 Å². The van der Waals surface area contributed by atoms with Gasteiger partial charge in [0.2, 0.25) is 0 Å². The van der Waals surface area contributed by atoms with Gasteiger partial charge in [0.15, 0.2) is 0 Å². The van der Waals surface area contributed by atoms with Crippen LogP contribution in [0.1, 0.15) is 34.0 Å². The minimum atomic E-state index is -0.331. The van der Waals surface area contributed by atoms with E-state index in [0.29, 0.717) is 12.1 Å². The fourth-order valence-electron chi connectivity index (χ4n) is 3.24. The van der Waals surface area contributed by atoms with Gasteiger partial charge >= 0.3 is 0 Å². The van der Waals surface area contributed by atoms with Gasteiger partial charge in [0.1, 0.15) is 0 Å². The molecule has 0 aliphatic heterocycles. The molecular weight excluding hydrogens is 286 g/mol. The molecule has 3 rings (SSSR count). The predicted octanol–water partition coefficient (Wildman–Crippen LogP) is 3.16. The van der Waals surface area contributed by atoms with Crippen molar-refractivity contribution in [3.05, 3.63) is 70.8 Å². The summed E-state index contributed by atoms with van der Waals surface area (Å²) in [6.07, 6.45) is 2.66. The average Bonchev–Trinajstić information content (AvgIpc) is 2.99. The number of amides is 1. The van der Waals surface area contributed by atoms with Gasteiger partial charge in [-0.3, -0.25) is 4.79 Å². The first-order chi connectivity index (χ1) is 11.2. The zero-order valence-electron chi connectivity index (χ0n) is 13.8. The molecule has 0 atom stereocenters. The Morgan fingerprint density at radius 3 is 2.22 bits per heavy atom. The van der Waals surface area contributed by atoms with Crippen molar-refractivity contribution in [2.75, 3.05) is 13.7 Å². The fraction of sp³-hybridized carbons (Fsp3) is 0.350. The van der Waals surface area contributed by atoms with Crippen LogP contribution in [0.2, 0.25) is 0 Å². The lowest BCUT2D eigenvalue weighted by atomic mass is 9.99. The minimum Gasteiger partial charge on any atom is -0.376 e. The minimum absolute atomic E-state index is 0.0416. The predicted molar refractivity (Wildman–Crippen MR) is 91.7 cm³/mol. The molecule has 2 aromatic rings.